The van der Waals surface area contributed by atoms with E-state index >= 15 is 0 Å². The highest BCUT2D eigenvalue weighted by Crippen LogP contribution is 2.30. The molecule has 0 radical (unpaired) electrons. The van der Waals surface area contributed by atoms with E-state index in [1.165, 1.54) is 17.7 Å². The highest BCUT2D eigenvalue weighted by atomic mass is 32.1. The van der Waals surface area contributed by atoms with Crippen molar-refractivity contribution >= 4 is 17.2 Å². The van der Waals surface area contributed by atoms with Crippen LogP contribution in [-0.4, -0.2) is 36.5 Å². The number of amides is 1. The van der Waals surface area contributed by atoms with Crippen molar-refractivity contribution in [2.75, 3.05) is 19.6 Å². The van der Waals surface area contributed by atoms with Crippen molar-refractivity contribution in [2.45, 2.75) is 31.4 Å². The lowest BCUT2D eigenvalue weighted by molar-refractivity contribution is -0.127. The first-order chi connectivity index (χ1) is 11.8. The molecule has 1 aromatic carbocycles. The summed E-state index contributed by atoms with van der Waals surface area (Å²) in [5.74, 6) is 0.832. The molecule has 0 spiro atoms. The summed E-state index contributed by atoms with van der Waals surface area (Å²) in [7, 11) is 0. The van der Waals surface area contributed by atoms with Crippen molar-refractivity contribution in [1.29, 1.82) is 0 Å². The predicted molar refractivity (Wildman–Crippen MR) is 95.4 cm³/mol. The minimum atomic E-state index is -0.398. The molecule has 4 nitrogen and oxygen atoms in total. The summed E-state index contributed by atoms with van der Waals surface area (Å²) < 4.78 is 5.79. The van der Waals surface area contributed by atoms with Gasteiger partial charge in [0.15, 0.2) is 6.10 Å². The van der Waals surface area contributed by atoms with Crippen LogP contribution in [0.3, 0.4) is 0 Å². The van der Waals surface area contributed by atoms with Crippen molar-refractivity contribution in [3.05, 3.63) is 52.2 Å². The summed E-state index contributed by atoms with van der Waals surface area (Å²) in [5, 5.41) is 5.23. The number of nitrogens with one attached hydrogen (secondary N) is 1. The van der Waals surface area contributed by atoms with Gasteiger partial charge in [0.25, 0.3) is 5.91 Å². The van der Waals surface area contributed by atoms with E-state index < -0.39 is 6.10 Å². The predicted octanol–water partition coefficient (Wildman–Crippen LogP) is 3.00. The highest BCUT2D eigenvalue weighted by Gasteiger charge is 2.30. The van der Waals surface area contributed by atoms with E-state index in [0.29, 0.717) is 13.0 Å². The molecule has 0 bridgehead atoms. The van der Waals surface area contributed by atoms with Gasteiger partial charge in [0.05, 0.1) is 6.04 Å². The molecule has 3 heterocycles. The Morgan fingerprint density at radius 2 is 2.08 bits per heavy atom. The third-order valence-corrected chi connectivity index (χ3v) is 5.84. The lowest BCUT2D eigenvalue weighted by atomic mass is 10.1. The fraction of sp³-hybridized carbons (Fsp3) is 0.421. The molecule has 1 fully saturated rings. The Balaban J connectivity index is 1.39. The summed E-state index contributed by atoms with van der Waals surface area (Å²) in [6.45, 7) is 2.88. The number of carbonyl (C=O) groups is 1. The number of rotatable bonds is 5. The van der Waals surface area contributed by atoms with Crippen LogP contribution < -0.4 is 10.1 Å². The van der Waals surface area contributed by atoms with Crippen LogP contribution in [0.25, 0.3) is 0 Å². The standard InChI is InChI=1S/C19H22N2O2S/c22-19(17-12-14-6-1-2-7-16(14)23-17)20-13-15(18-8-5-11-24-18)21-9-3-4-10-21/h1-2,5-8,11,15,17H,3-4,9-10,12-13H2,(H,20,22)/t15-,17+/m1/s1. The number of ether oxygens (including phenoxy) is 1. The molecule has 1 N–H and O–H groups in total. The summed E-state index contributed by atoms with van der Waals surface area (Å²) in [6.07, 6.45) is 2.76. The molecule has 2 aliphatic rings. The van der Waals surface area contributed by atoms with Gasteiger partial charge in [-0.1, -0.05) is 24.3 Å². The number of carbonyl (C=O) groups excluding carboxylic acids is 1. The molecule has 2 aromatic rings. The van der Waals surface area contributed by atoms with E-state index in [0.717, 1.165) is 24.4 Å². The Labute approximate surface area is 146 Å². The minimum absolute atomic E-state index is 0.00745. The molecule has 4 rings (SSSR count). The average Bonchev–Trinajstić information content (AvgIpc) is 3.35. The molecule has 0 saturated carbocycles. The maximum absolute atomic E-state index is 12.6. The fourth-order valence-electron chi connectivity index (χ4n) is 3.58. The summed E-state index contributed by atoms with van der Waals surface area (Å²) >= 11 is 1.77. The number of hydrogen-bond donors (Lipinski definition) is 1. The van der Waals surface area contributed by atoms with Gasteiger partial charge in [0, 0.05) is 17.8 Å². The first-order valence-corrected chi connectivity index (χ1v) is 9.49. The van der Waals surface area contributed by atoms with Gasteiger partial charge < -0.3 is 10.1 Å². The Morgan fingerprint density at radius 1 is 1.25 bits per heavy atom. The van der Waals surface area contributed by atoms with Crippen molar-refractivity contribution in [3.63, 3.8) is 0 Å². The van der Waals surface area contributed by atoms with Crippen LogP contribution in [0.1, 0.15) is 29.3 Å². The molecule has 2 aliphatic heterocycles. The van der Waals surface area contributed by atoms with Crippen LogP contribution in [0.2, 0.25) is 0 Å². The molecule has 5 heteroatoms. The Morgan fingerprint density at radius 3 is 2.83 bits per heavy atom. The molecular formula is C19H22N2O2S. The highest BCUT2D eigenvalue weighted by molar-refractivity contribution is 7.10. The Hall–Kier alpha value is -1.85. The summed E-state index contributed by atoms with van der Waals surface area (Å²) in [6, 6.07) is 12.4. The molecule has 2 atom stereocenters. The quantitative estimate of drug-likeness (QED) is 0.908. The Kier molecular flexibility index (Phi) is 4.54. The largest absolute Gasteiger partial charge is 0.480 e. The first-order valence-electron chi connectivity index (χ1n) is 8.61. The SMILES string of the molecule is O=C(NC[C@H](c1cccs1)N1CCCC1)[C@@H]1Cc2ccccc2O1. The van der Waals surface area contributed by atoms with Gasteiger partial charge >= 0.3 is 0 Å². The van der Waals surface area contributed by atoms with Crippen LogP contribution in [0.5, 0.6) is 5.75 Å². The zero-order valence-corrected chi connectivity index (χ0v) is 14.4. The molecule has 1 aromatic heterocycles. The van der Waals surface area contributed by atoms with Gasteiger partial charge in [-0.15, -0.1) is 11.3 Å². The van der Waals surface area contributed by atoms with Gasteiger partial charge in [-0.3, -0.25) is 9.69 Å². The van der Waals surface area contributed by atoms with E-state index in [2.05, 4.69) is 27.7 Å². The number of benzene rings is 1. The number of fused-ring (bicyclic) bond motifs is 1. The van der Waals surface area contributed by atoms with Gasteiger partial charge in [0.2, 0.25) is 0 Å². The second-order valence-electron chi connectivity index (χ2n) is 6.44. The maximum Gasteiger partial charge on any atom is 0.261 e. The van der Waals surface area contributed by atoms with Gasteiger partial charge in [0.1, 0.15) is 5.75 Å². The summed E-state index contributed by atoms with van der Waals surface area (Å²) in [4.78, 5) is 16.4. The van der Waals surface area contributed by atoms with E-state index in [-0.39, 0.29) is 11.9 Å². The number of hydrogen-bond acceptors (Lipinski definition) is 4. The van der Waals surface area contributed by atoms with Gasteiger partial charge in [-0.05, 0) is 49.0 Å². The lowest BCUT2D eigenvalue weighted by Gasteiger charge is -2.27. The summed E-state index contributed by atoms with van der Waals surface area (Å²) in [5.41, 5.74) is 1.12. The minimum Gasteiger partial charge on any atom is -0.480 e. The first kappa shape index (κ1) is 15.7. The topological polar surface area (TPSA) is 41.6 Å². The van der Waals surface area contributed by atoms with Crippen molar-refractivity contribution in [2.24, 2.45) is 0 Å². The maximum atomic E-state index is 12.6. The average molecular weight is 342 g/mol. The molecule has 0 unspecified atom stereocenters. The van der Waals surface area contributed by atoms with Crippen molar-refractivity contribution in [1.82, 2.24) is 10.2 Å². The Bertz CT molecular complexity index is 670. The van der Waals surface area contributed by atoms with Crippen molar-refractivity contribution in [3.8, 4) is 5.75 Å². The molecular weight excluding hydrogens is 320 g/mol. The van der Waals surface area contributed by atoms with Crippen LogP contribution in [0, 0.1) is 0 Å². The van der Waals surface area contributed by atoms with Crippen LogP contribution in [-0.2, 0) is 11.2 Å². The van der Waals surface area contributed by atoms with E-state index in [1.807, 2.05) is 24.3 Å². The number of nitrogens with zero attached hydrogens (tertiary/aromatic N) is 1. The zero-order valence-electron chi connectivity index (χ0n) is 13.6. The molecule has 1 saturated heterocycles. The van der Waals surface area contributed by atoms with E-state index in [1.54, 1.807) is 11.3 Å². The van der Waals surface area contributed by atoms with E-state index in [4.69, 9.17) is 4.74 Å². The van der Waals surface area contributed by atoms with Gasteiger partial charge in [-0.2, -0.15) is 0 Å². The van der Waals surface area contributed by atoms with Crippen LogP contribution in [0.4, 0.5) is 0 Å². The van der Waals surface area contributed by atoms with Crippen LogP contribution >= 0.6 is 11.3 Å². The number of thiophene rings is 1. The van der Waals surface area contributed by atoms with Crippen molar-refractivity contribution < 1.29 is 9.53 Å². The molecule has 24 heavy (non-hydrogen) atoms. The van der Waals surface area contributed by atoms with Crippen LogP contribution in [0.15, 0.2) is 41.8 Å². The number of para-hydroxylation sites is 1. The molecule has 1 amide bonds. The second-order valence-corrected chi connectivity index (χ2v) is 7.42. The zero-order chi connectivity index (χ0) is 16.4. The normalized spacial score (nSPS) is 21.2. The third kappa shape index (κ3) is 3.19. The monoisotopic (exact) mass is 342 g/mol. The second kappa shape index (κ2) is 6.95. The lowest BCUT2D eigenvalue weighted by Crippen LogP contribution is -2.42. The third-order valence-electron chi connectivity index (χ3n) is 4.86. The van der Waals surface area contributed by atoms with Gasteiger partial charge in [-0.25, -0.2) is 0 Å². The van der Waals surface area contributed by atoms with E-state index in [9.17, 15) is 4.79 Å². The fourth-order valence-corrected chi connectivity index (χ4v) is 4.44. The molecule has 0 aliphatic carbocycles. The molecule has 126 valence electrons. The smallest absolute Gasteiger partial charge is 0.261 e. The number of likely N-dealkylation sites (tertiary alicyclic amines) is 1.